The van der Waals surface area contributed by atoms with E-state index >= 15 is 0 Å². The fraction of sp³-hybridized carbons (Fsp3) is 0.455. The summed E-state index contributed by atoms with van der Waals surface area (Å²) in [6.07, 6.45) is 0. The average molecular weight is 195 g/mol. The zero-order valence-electron chi connectivity index (χ0n) is 8.68. The molecule has 1 unspecified atom stereocenters. The number of hydroxylamine groups is 2. The Morgan fingerprint density at radius 3 is 2.50 bits per heavy atom. The Bertz CT molecular complexity index is 251. The molecule has 3 nitrogen and oxygen atoms in total. The number of hydrogen-bond donors (Lipinski definition) is 1. The van der Waals surface area contributed by atoms with Gasteiger partial charge in [0.25, 0.3) is 0 Å². The summed E-state index contributed by atoms with van der Waals surface area (Å²) in [6.45, 7) is 2.71. The first kappa shape index (κ1) is 11.2. The van der Waals surface area contributed by atoms with Gasteiger partial charge in [-0.1, -0.05) is 30.3 Å². The van der Waals surface area contributed by atoms with E-state index < -0.39 is 0 Å². The van der Waals surface area contributed by atoms with Crippen LogP contribution in [0.1, 0.15) is 12.5 Å². The highest BCUT2D eigenvalue weighted by molar-refractivity contribution is 5.14. The first-order chi connectivity index (χ1) is 6.77. The van der Waals surface area contributed by atoms with Crippen LogP contribution in [0, 0.1) is 0 Å². The summed E-state index contributed by atoms with van der Waals surface area (Å²) in [5, 5.41) is 10.8. The summed E-state index contributed by atoms with van der Waals surface area (Å²) in [4.78, 5) is 5.18. The number of aliphatic hydroxyl groups excluding tert-OH is 1. The minimum absolute atomic E-state index is 0.0141. The van der Waals surface area contributed by atoms with Gasteiger partial charge in [0.05, 0.1) is 19.8 Å². The molecule has 14 heavy (non-hydrogen) atoms. The number of aliphatic hydroxyl groups is 1. The molecule has 0 heterocycles. The molecule has 0 aliphatic heterocycles. The number of rotatable bonds is 5. The Morgan fingerprint density at radius 1 is 1.36 bits per heavy atom. The lowest BCUT2D eigenvalue weighted by atomic mass is 10.2. The summed E-state index contributed by atoms with van der Waals surface area (Å²) in [6, 6.07) is 10.1. The highest BCUT2D eigenvalue weighted by atomic mass is 16.7. The zero-order chi connectivity index (χ0) is 10.4. The molecule has 0 aromatic heterocycles. The van der Waals surface area contributed by atoms with E-state index in [1.807, 2.05) is 37.3 Å². The fourth-order valence-electron chi connectivity index (χ4n) is 1.25. The lowest BCUT2D eigenvalue weighted by Gasteiger charge is -2.24. The second-order valence-corrected chi connectivity index (χ2v) is 3.27. The first-order valence-corrected chi connectivity index (χ1v) is 4.73. The Kier molecular flexibility index (Phi) is 4.59. The van der Waals surface area contributed by atoms with Gasteiger partial charge in [-0.25, -0.2) is 0 Å². The highest BCUT2D eigenvalue weighted by Crippen LogP contribution is 2.07. The Labute approximate surface area is 84.9 Å². The maximum atomic E-state index is 8.99. The molecule has 0 bridgehead atoms. The van der Waals surface area contributed by atoms with Crippen molar-refractivity contribution in [2.45, 2.75) is 19.5 Å². The average Bonchev–Trinajstić information content (AvgIpc) is 2.26. The van der Waals surface area contributed by atoms with Gasteiger partial charge in [0, 0.05) is 6.54 Å². The smallest absolute Gasteiger partial charge is 0.0607 e. The van der Waals surface area contributed by atoms with Crippen LogP contribution in [0.25, 0.3) is 0 Å². The minimum atomic E-state index is 0.0141. The molecule has 1 N–H and O–H groups in total. The van der Waals surface area contributed by atoms with Crippen LogP contribution in [0.2, 0.25) is 0 Å². The van der Waals surface area contributed by atoms with Gasteiger partial charge in [0.1, 0.15) is 0 Å². The van der Waals surface area contributed by atoms with Gasteiger partial charge < -0.3 is 9.94 Å². The molecule has 0 radical (unpaired) electrons. The quantitative estimate of drug-likeness (QED) is 0.721. The monoisotopic (exact) mass is 195 g/mol. The topological polar surface area (TPSA) is 32.7 Å². The van der Waals surface area contributed by atoms with Crippen LogP contribution in [0.5, 0.6) is 0 Å². The Morgan fingerprint density at radius 2 is 2.00 bits per heavy atom. The van der Waals surface area contributed by atoms with E-state index in [0.717, 1.165) is 0 Å². The third-order valence-corrected chi connectivity index (χ3v) is 2.17. The fourth-order valence-corrected chi connectivity index (χ4v) is 1.25. The van der Waals surface area contributed by atoms with Crippen LogP contribution in [0.4, 0.5) is 0 Å². The van der Waals surface area contributed by atoms with Crippen molar-refractivity contribution >= 4 is 0 Å². The molecule has 1 atom stereocenters. The molecule has 0 saturated heterocycles. The van der Waals surface area contributed by atoms with Crippen LogP contribution >= 0.6 is 0 Å². The molecule has 0 amide bonds. The second-order valence-electron chi connectivity index (χ2n) is 3.27. The number of benzene rings is 1. The molecule has 0 aliphatic carbocycles. The lowest BCUT2D eigenvalue weighted by Crippen LogP contribution is -2.34. The summed E-state index contributed by atoms with van der Waals surface area (Å²) < 4.78 is 0. The van der Waals surface area contributed by atoms with Crippen molar-refractivity contribution in [3.05, 3.63) is 35.9 Å². The van der Waals surface area contributed by atoms with Gasteiger partial charge in [-0.05, 0) is 12.5 Å². The molecule has 1 aromatic carbocycles. The second kappa shape index (κ2) is 5.75. The van der Waals surface area contributed by atoms with Crippen LogP contribution < -0.4 is 0 Å². The molecule has 1 aromatic rings. The lowest BCUT2D eigenvalue weighted by molar-refractivity contribution is -0.173. The third-order valence-electron chi connectivity index (χ3n) is 2.17. The zero-order valence-corrected chi connectivity index (χ0v) is 8.68. The van der Waals surface area contributed by atoms with Crippen LogP contribution in [-0.2, 0) is 11.4 Å². The van der Waals surface area contributed by atoms with Crippen molar-refractivity contribution in [2.24, 2.45) is 0 Å². The molecule has 1 rings (SSSR count). The Hall–Kier alpha value is -0.900. The largest absolute Gasteiger partial charge is 0.395 e. The molecule has 0 saturated carbocycles. The van der Waals surface area contributed by atoms with Gasteiger partial charge >= 0.3 is 0 Å². The third kappa shape index (κ3) is 3.10. The van der Waals surface area contributed by atoms with Crippen molar-refractivity contribution in [1.82, 2.24) is 5.06 Å². The SMILES string of the molecule is CON(Cc1ccccc1)C(C)CO. The molecular weight excluding hydrogens is 178 g/mol. The molecular formula is C11H17NO2. The molecule has 78 valence electrons. The predicted octanol–water partition coefficient (Wildman–Crippen LogP) is 1.43. The van der Waals surface area contributed by atoms with Crippen LogP contribution in [0.3, 0.4) is 0 Å². The van der Waals surface area contributed by atoms with Crippen molar-refractivity contribution in [3.63, 3.8) is 0 Å². The first-order valence-electron chi connectivity index (χ1n) is 4.73. The van der Waals surface area contributed by atoms with E-state index in [4.69, 9.17) is 9.94 Å². The van der Waals surface area contributed by atoms with Crippen molar-refractivity contribution in [1.29, 1.82) is 0 Å². The van der Waals surface area contributed by atoms with Gasteiger partial charge in [-0.15, -0.1) is 0 Å². The van der Waals surface area contributed by atoms with E-state index in [0.29, 0.717) is 6.54 Å². The maximum Gasteiger partial charge on any atom is 0.0607 e. The van der Waals surface area contributed by atoms with E-state index in [2.05, 4.69) is 0 Å². The number of nitrogens with zero attached hydrogens (tertiary/aromatic N) is 1. The van der Waals surface area contributed by atoms with E-state index in [9.17, 15) is 0 Å². The standard InChI is InChI=1S/C11H17NO2/c1-10(9-13)12(14-2)8-11-6-4-3-5-7-11/h3-7,10,13H,8-9H2,1-2H3. The van der Waals surface area contributed by atoms with Crippen LogP contribution in [-0.4, -0.2) is 29.9 Å². The highest BCUT2D eigenvalue weighted by Gasteiger charge is 2.12. The minimum Gasteiger partial charge on any atom is -0.395 e. The van der Waals surface area contributed by atoms with Crippen molar-refractivity contribution < 1.29 is 9.94 Å². The number of hydrogen-bond acceptors (Lipinski definition) is 3. The maximum absolute atomic E-state index is 8.99. The van der Waals surface area contributed by atoms with Gasteiger partial charge in [-0.3, -0.25) is 0 Å². The normalized spacial score (nSPS) is 13.1. The van der Waals surface area contributed by atoms with Gasteiger partial charge in [0.15, 0.2) is 0 Å². The molecule has 0 fully saturated rings. The van der Waals surface area contributed by atoms with Crippen LogP contribution in [0.15, 0.2) is 30.3 Å². The predicted molar refractivity (Wildman–Crippen MR) is 55.5 cm³/mol. The van der Waals surface area contributed by atoms with E-state index in [1.54, 1.807) is 12.2 Å². The molecule has 0 spiro atoms. The van der Waals surface area contributed by atoms with Crippen molar-refractivity contribution in [3.8, 4) is 0 Å². The summed E-state index contributed by atoms with van der Waals surface area (Å²) >= 11 is 0. The summed E-state index contributed by atoms with van der Waals surface area (Å²) in [5.41, 5.74) is 1.18. The van der Waals surface area contributed by atoms with Gasteiger partial charge in [-0.2, -0.15) is 5.06 Å². The molecule has 3 heteroatoms. The van der Waals surface area contributed by atoms with Gasteiger partial charge in [0.2, 0.25) is 0 Å². The molecule has 0 aliphatic rings. The Balaban J connectivity index is 2.57. The summed E-state index contributed by atoms with van der Waals surface area (Å²) in [5.74, 6) is 0. The van der Waals surface area contributed by atoms with E-state index in [1.165, 1.54) is 5.56 Å². The van der Waals surface area contributed by atoms with E-state index in [-0.39, 0.29) is 12.6 Å². The summed E-state index contributed by atoms with van der Waals surface area (Å²) in [7, 11) is 1.62. The van der Waals surface area contributed by atoms with Crippen molar-refractivity contribution in [2.75, 3.05) is 13.7 Å².